The summed E-state index contributed by atoms with van der Waals surface area (Å²) < 4.78 is 0. The van der Waals surface area contributed by atoms with E-state index >= 15 is 0 Å². The largest absolute Gasteiger partial charge is 0.334 e. The Labute approximate surface area is 147 Å². The molecule has 1 heterocycles. The van der Waals surface area contributed by atoms with Gasteiger partial charge in [0, 0.05) is 18.4 Å². The molecule has 1 aliphatic rings. The van der Waals surface area contributed by atoms with Crippen molar-refractivity contribution < 1.29 is 4.79 Å². The lowest BCUT2D eigenvalue weighted by molar-refractivity contribution is 0.251. The highest BCUT2D eigenvalue weighted by Gasteiger charge is 2.08. The van der Waals surface area contributed by atoms with Crippen molar-refractivity contribution in [1.82, 2.24) is 5.32 Å². The number of carbonyl (C=O) groups excluding carboxylic acids is 1. The summed E-state index contributed by atoms with van der Waals surface area (Å²) in [5.41, 5.74) is 5.33. The number of aryl methyl sites for hydroxylation is 2. The second-order valence-corrected chi connectivity index (χ2v) is 6.33. The van der Waals surface area contributed by atoms with Crippen LogP contribution < -0.4 is 10.6 Å². The maximum absolute atomic E-state index is 12.1. The minimum Gasteiger partial charge on any atom is -0.334 e. The zero-order valence-corrected chi connectivity index (χ0v) is 14.5. The first-order valence-electron chi connectivity index (χ1n) is 8.34. The highest BCUT2D eigenvalue weighted by molar-refractivity contribution is 5.89. The first-order valence-corrected chi connectivity index (χ1v) is 8.34. The fourth-order valence-electron chi connectivity index (χ4n) is 2.85. The average molecular weight is 334 g/mol. The minimum absolute atomic E-state index is 0.146. The number of rotatable bonds is 5. The average Bonchev–Trinajstić information content (AvgIpc) is 3.06. The maximum Gasteiger partial charge on any atom is 0.319 e. The molecule has 2 aromatic rings. The van der Waals surface area contributed by atoms with Crippen molar-refractivity contribution in [2.75, 3.05) is 5.32 Å². The number of carbonyl (C=O) groups is 1. The smallest absolute Gasteiger partial charge is 0.319 e. The summed E-state index contributed by atoms with van der Waals surface area (Å²) in [6.45, 7) is 4.51. The van der Waals surface area contributed by atoms with Crippen LogP contribution >= 0.6 is 0 Å². The van der Waals surface area contributed by atoms with E-state index in [1.807, 2.05) is 44.3 Å². The molecule has 128 valence electrons. The van der Waals surface area contributed by atoms with Gasteiger partial charge in [-0.25, -0.2) is 9.79 Å². The van der Waals surface area contributed by atoms with Gasteiger partial charge >= 0.3 is 6.03 Å². The van der Waals surface area contributed by atoms with Crippen molar-refractivity contribution in [2.45, 2.75) is 32.9 Å². The third-order valence-electron chi connectivity index (χ3n) is 3.98. The zero-order chi connectivity index (χ0) is 17.6. The molecule has 2 amide bonds. The lowest BCUT2D eigenvalue weighted by Gasteiger charge is -2.10. The molecule has 2 aromatic carbocycles. The lowest BCUT2D eigenvalue weighted by atomic mass is 10.1. The molecule has 0 radical (unpaired) electrons. The van der Waals surface area contributed by atoms with Crippen LogP contribution in [0.1, 0.15) is 22.3 Å². The van der Waals surface area contributed by atoms with Gasteiger partial charge < -0.3 is 10.6 Å². The molecule has 1 aliphatic heterocycles. The maximum atomic E-state index is 12.1. The molecule has 0 saturated carbocycles. The van der Waals surface area contributed by atoms with E-state index in [9.17, 15) is 4.79 Å². The van der Waals surface area contributed by atoms with Gasteiger partial charge in [-0.2, -0.15) is 0 Å². The van der Waals surface area contributed by atoms with Gasteiger partial charge in [0.1, 0.15) is 6.34 Å². The first kappa shape index (κ1) is 16.9. The van der Waals surface area contributed by atoms with Crippen molar-refractivity contribution >= 4 is 24.3 Å². The fourth-order valence-corrected chi connectivity index (χ4v) is 2.85. The SMILES string of the molecule is Cc1cc(C)cc(NC(=O)NCc2ccc(CC3C=NC=N3)cc2)c1. The number of hydrogen-bond donors (Lipinski definition) is 2. The van der Waals surface area contributed by atoms with E-state index in [0.29, 0.717) is 6.54 Å². The van der Waals surface area contributed by atoms with Crippen LogP contribution in [-0.4, -0.2) is 24.6 Å². The molecule has 0 bridgehead atoms. The number of benzene rings is 2. The Kier molecular flexibility index (Phi) is 5.23. The van der Waals surface area contributed by atoms with Crippen LogP contribution in [0.3, 0.4) is 0 Å². The third-order valence-corrected chi connectivity index (χ3v) is 3.98. The van der Waals surface area contributed by atoms with Crippen molar-refractivity contribution in [3.63, 3.8) is 0 Å². The Morgan fingerprint density at radius 2 is 1.72 bits per heavy atom. The molecule has 3 rings (SSSR count). The third kappa shape index (κ3) is 5.01. The van der Waals surface area contributed by atoms with Crippen molar-refractivity contribution in [2.24, 2.45) is 9.98 Å². The number of urea groups is 1. The highest BCUT2D eigenvalue weighted by atomic mass is 16.2. The van der Waals surface area contributed by atoms with E-state index in [-0.39, 0.29) is 12.1 Å². The molecule has 0 fully saturated rings. The van der Waals surface area contributed by atoms with Crippen LogP contribution in [0.5, 0.6) is 0 Å². The molecule has 0 spiro atoms. The predicted octanol–water partition coefficient (Wildman–Crippen LogP) is 3.65. The summed E-state index contributed by atoms with van der Waals surface area (Å²) in [6, 6.07) is 14.1. The van der Waals surface area contributed by atoms with Gasteiger partial charge in [0.2, 0.25) is 0 Å². The monoisotopic (exact) mass is 334 g/mol. The summed E-state index contributed by atoms with van der Waals surface area (Å²) in [7, 11) is 0. The zero-order valence-electron chi connectivity index (χ0n) is 14.5. The molecule has 5 heteroatoms. The number of hydrogen-bond acceptors (Lipinski definition) is 3. The van der Waals surface area contributed by atoms with E-state index in [0.717, 1.165) is 28.8 Å². The van der Waals surface area contributed by atoms with E-state index < -0.39 is 0 Å². The van der Waals surface area contributed by atoms with E-state index in [2.05, 4.69) is 38.8 Å². The fraction of sp³-hybridized carbons (Fsp3) is 0.250. The van der Waals surface area contributed by atoms with Gasteiger partial charge in [0.05, 0.1) is 6.04 Å². The highest BCUT2D eigenvalue weighted by Crippen LogP contribution is 2.14. The minimum atomic E-state index is -0.203. The van der Waals surface area contributed by atoms with Crippen molar-refractivity contribution in [3.05, 3.63) is 64.7 Å². The normalized spacial score (nSPS) is 15.4. The second kappa shape index (κ2) is 7.75. The standard InChI is InChI=1S/C20H22N4O/c1-14-7-15(2)9-18(8-14)24-20(25)22-11-17-5-3-16(4-6-17)10-19-12-21-13-23-19/h3-9,12-13,19H,10-11H2,1-2H3,(H2,22,24,25). The molecule has 0 aromatic heterocycles. The van der Waals surface area contributed by atoms with Crippen LogP contribution in [0.25, 0.3) is 0 Å². The van der Waals surface area contributed by atoms with Crippen LogP contribution in [0, 0.1) is 13.8 Å². The molecule has 5 nitrogen and oxygen atoms in total. The lowest BCUT2D eigenvalue weighted by Crippen LogP contribution is -2.28. The summed E-state index contributed by atoms with van der Waals surface area (Å²) in [6.07, 6.45) is 4.30. The topological polar surface area (TPSA) is 65.8 Å². The van der Waals surface area contributed by atoms with Gasteiger partial charge in [-0.1, -0.05) is 30.3 Å². The molecule has 2 N–H and O–H groups in total. The molecular formula is C20H22N4O. The molecule has 1 unspecified atom stereocenters. The number of anilines is 1. The number of nitrogens with one attached hydrogen (secondary N) is 2. The van der Waals surface area contributed by atoms with E-state index in [4.69, 9.17) is 0 Å². The second-order valence-electron chi connectivity index (χ2n) is 6.33. The summed E-state index contributed by atoms with van der Waals surface area (Å²) in [5, 5.41) is 5.76. The van der Waals surface area contributed by atoms with Crippen LogP contribution in [0.4, 0.5) is 10.5 Å². The number of amides is 2. The van der Waals surface area contributed by atoms with Crippen molar-refractivity contribution in [1.29, 1.82) is 0 Å². The first-order chi connectivity index (χ1) is 12.1. The number of aliphatic imine (C=N–C) groups is 2. The van der Waals surface area contributed by atoms with Gasteiger partial charge in [0.25, 0.3) is 0 Å². The number of nitrogens with zero attached hydrogens (tertiary/aromatic N) is 2. The van der Waals surface area contributed by atoms with Crippen LogP contribution in [0.2, 0.25) is 0 Å². The Hall–Kier alpha value is -2.95. The van der Waals surface area contributed by atoms with Gasteiger partial charge in [-0.15, -0.1) is 0 Å². The predicted molar refractivity (Wildman–Crippen MR) is 103 cm³/mol. The quantitative estimate of drug-likeness (QED) is 0.861. The molecular weight excluding hydrogens is 312 g/mol. The summed E-state index contributed by atoms with van der Waals surface area (Å²) in [5.74, 6) is 0. The van der Waals surface area contributed by atoms with Crippen LogP contribution in [-0.2, 0) is 13.0 Å². The summed E-state index contributed by atoms with van der Waals surface area (Å²) in [4.78, 5) is 20.3. The van der Waals surface area contributed by atoms with Crippen molar-refractivity contribution in [3.8, 4) is 0 Å². The molecule has 25 heavy (non-hydrogen) atoms. The Bertz CT molecular complexity index is 777. The Morgan fingerprint density at radius 1 is 1.04 bits per heavy atom. The van der Waals surface area contributed by atoms with Gasteiger partial charge in [0.15, 0.2) is 0 Å². The molecule has 0 saturated heterocycles. The van der Waals surface area contributed by atoms with Crippen LogP contribution in [0.15, 0.2) is 52.4 Å². The molecule has 0 aliphatic carbocycles. The molecule has 1 atom stereocenters. The Morgan fingerprint density at radius 3 is 2.36 bits per heavy atom. The van der Waals surface area contributed by atoms with E-state index in [1.54, 1.807) is 6.34 Å². The summed E-state index contributed by atoms with van der Waals surface area (Å²) >= 11 is 0. The van der Waals surface area contributed by atoms with Gasteiger partial charge in [-0.05, 0) is 54.7 Å². The Balaban J connectivity index is 1.49. The van der Waals surface area contributed by atoms with Gasteiger partial charge in [-0.3, -0.25) is 4.99 Å². The van der Waals surface area contributed by atoms with E-state index in [1.165, 1.54) is 5.56 Å².